The number of benzene rings is 2. The molecule has 0 saturated carbocycles. The van der Waals surface area contributed by atoms with Gasteiger partial charge in [0, 0.05) is 5.69 Å². The third kappa shape index (κ3) is 4.56. The van der Waals surface area contributed by atoms with E-state index < -0.39 is 30.4 Å². The van der Waals surface area contributed by atoms with Gasteiger partial charge in [-0.15, -0.1) is 0 Å². The first-order chi connectivity index (χ1) is 13.9. The average molecular weight is 420 g/mol. The fourth-order valence-electron chi connectivity index (χ4n) is 3.04. The van der Waals surface area contributed by atoms with Gasteiger partial charge in [0.2, 0.25) is 5.91 Å². The smallest absolute Gasteiger partial charge is 0.387 e. The Kier molecular flexibility index (Phi) is 6.48. The quantitative estimate of drug-likeness (QED) is 0.660. The van der Waals surface area contributed by atoms with E-state index in [0.717, 1.165) is 4.90 Å². The molecular formula is C20H18F2N2O4S. The van der Waals surface area contributed by atoms with E-state index in [2.05, 4.69) is 10.1 Å². The van der Waals surface area contributed by atoms with Crippen LogP contribution in [0.4, 0.5) is 14.5 Å². The van der Waals surface area contributed by atoms with Crippen molar-refractivity contribution >= 4 is 35.2 Å². The molecule has 2 aromatic carbocycles. The number of amides is 3. The van der Waals surface area contributed by atoms with Crippen molar-refractivity contribution in [1.82, 2.24) is 4.90 Å². The standard InChI is InChI=1S/C20H18F2N2O4S/c1-29-11-10-16(24-18(26)14-4-2-3-5-15(14)19(24)27)17(25)23-12-6-8-13(9-7-12)28-20(21)22/h2-9,16,20H,10-11H2,1H3,(H,23,25). The maximum atomic E-state index is 12.9. The molecule has 9 heteroatoms. The summed E-state index contributed by atoms with van der Waals surface area (Å²) in [4.78, 5) is 39.4. The van der Waals surface area contributed by atoms with E-state index in [4.69, 9.17) is 0 Å². The molecular weight excluding hydrogens is 402 g/mol. The van der Waals surface area contributed by atoms with Crippen molar-refractivity contribution in [2.45, 2.75) is 19.1 Å². The Labute approximate surface area is 170 Å². The molecule has 0 spiro atoms. The monoisotopic (exact) mass is 420 g/mol. The minimum atomic E-state index is -2.94. The van der Waals surface area contributed by atoms with Gasteiger partial charge in [-0.25, -0.2) is 0 Å². The number of nitrogens with one attached hydrogen (secondary N) is 1. The van der Waals surface area contributed by atoms with Crippen molar-refractivity contribution in [2.75, 3.05) is 17.3 Å². The van der Waals surface area contributed by atoms with E-state index in [1.165, 1.54) is 36.0 Å². The van der Waals surface area contributed by atoms with Crippen molar-refractivity contribution in [1.29, 1.82) is 0 Å². The molecule has 0 bridgehead atoms. The molecule has 1 N–H and O–H groups in total. The molecule has 0 fully saturated rings. The largest absolute Gasteiger partial charge is 0.435 e. The SMILES string of the molecule is CSCCC(C(=O)Nc1ccc(OC(F)F)cc1)N1C(=O)c2ccccc2C1=O. The van der Waals surface area contributed by atoms with Gasteiger partial charge in [0.25, 0.3) is 11.8 Å². The van der Waals surface area contributed by atoms with Crippen molar-refractivity contribution in [3.8, 4) is 5.75 Å². The number of ether oxygens (including phenoxy) is 1. The number of nitrogens with zero attached hydrogens (tertiary/aromatic N) is 1. The molecule has 0 aliphatic carbocycles. The van der Waals surface area contributed by atoms with Crippen LogP contribution in [0.1, 0.15) is 27.1 Å². The van der Waals surface area contributed by atoms with Crippen LogP contribution in [0.2, 0.25) is 0 Å². The Balaban J connectivity index is 1.79. The van der Waals surface area contributed by atoms with Crippen LogP contribution in [0, 0.1) is 0 Å². The van der Waals surface area contributed by atoms with Crippen molar-refractivity contribution in [2.24, 2.45) is 0 Å². The molecule has 1 heterocycles. The van der Waals surface area contributed by atoms with Crippen LogP contribution in [0.15, 0.2) is 48.5 Å². The van der Waals surface area contributed by atoms with Crippen LogP contribution < -0.4 is 10.1 Å². The summed E-state index contributed by atoms with van der Waals surface area (Å²) in [6.07, 6.45) is 2.14. The lowest BCUT2D eigenvalue weighted by molar-refractivity contribution is -0.120. The topological polar surface area (TPSA) is 75.7 Å². The molecule has 0 radical (unpaired) electrons. The van der Waals surface area contributed by atoms with Gasteiger partial charge in [0.1, 0.15) is 11.8 Å². The second-order valence-electron chi connectivity index (χ2n) is 6.22. The Morgan fingerprint density at radius 1 is 1.07 bits per heavy atom. The highest BCUT2D eigenvalue weighted by atomic mass is 32.2. The summed E-state index contributed by atoms with van der Waals surface area (Å²) >= 11 is 1.49. The molecule has 152 valence electrons. The summed E-state index contributed by atoms with van der Waals surface area (Å²) in [5.41, 5.74) is 0.878. The number of rotatable bonds is 8. The number of hydrogen-bond acceptors (Lipinski definition) is 5. The highest BCUT2D eigenvalue weighted by molar-refractivity contribution is 7.98. The van der Waals surface area contributed by atoms with Crippen molar-refractivity contribution in [3.63, 3.8) is 0 Å². The normalized spacial score (nSPS) is 14.1. The van der Waals surface area contributed by atoms with Gasteiger partial charge >= 0.3 is 6.61 Å². The molecule has 29 heavy (non-hydrogen) atoms. The summed E-state index contributed by atoms with van der Waals surface area (Å²) in [5.74, 6) is -1.03. The lowest BCUT2D eigenvalue weighted by Crippen LogP contribution is -2.47. The van der Waals surface area contributed by atoms with E-state index in [1.807, 2.05) is 6.26 Å². The Morgan fingerprint density at radius 3 is 2.17 bits per heavy atom. The first-order valence-corrected chi connectivity index (χ1v) is 10.1. The number of thioether (sulfide) groups is 1. The third-order valence-electron chi connectivity index (χ3n) is 4.38. The Morgan fingerprint density at radius 2 is 1.66 bits per heavy atom. The van der Waals surface area contributed by atoms with Gasteiger partial charge in [0.05, 0.1) is 11.1 Å². The second-order valence-corrected chi connectivity index (χ2v) is 7.20. The number of fused-ring (bicyclic) bond motifs is 1. The average Bonchev–Trinajstić information content (AvgIpc) is 2.95. The second kappa shape index (κ2) is 9.04. The lowest BCUT2D eigenvalue weighted by Gasteiger charge is -2.25. The predicted molar refractivity (Wildman–Crippen MR) is 105 cm³/mol. The summed E-state index contributed by atoms with van der Waals surface area (Å²) in [7, 11) is 0. The fourth-order valence-corrected chi connectivity index (χ4v) is 3.50. The number of hydrogen-bond donors (Lipinski definition) is 1. The zero-order valence-electron chi connectivity index (χ0n) is 15.4. The van der Waals surface area contributed by atoms with E-state index in [9.17, 15) is 23.2 Å². The number of halogens is 2. The number of alkyl halides is 2. The highest BCUT2D eigenvalue weighted by Crippen LogP contribution is 2.27. The molecule has 1 aliphatic rings. The van der Waals surface area contributed by atoms with E-state index in [-0.39, 0.29) is 23.3 Å². The molecule has 6 nitrogen and oxygen atoms in total. The summed E-state index contributed by atoms with van der Waals surface area (Å²) in [6.45, 7) is -2.94. The van der Waals surface area contributed by atoms with Gasteiger partial charge in [-0.1, -0.05) is 12.1 Å². The highest BCUT2D eigenvalue weighted by Gasteiger charge is 2.42. The summed E-state index contributed by atoms with van der Waals surface area (Å²) < 4.78 is 28.8. The molecule has 1 aliphatic heterocycles. The van der Waals surface area contributed by atoms with Crippen LogP contribution in [0.5, 0.6) is 5.75 Å². The number of imide groups is 1. The van der Waals surface area contributed by atoms with Gasteiger partial charge in [0.15, 0.2) is 0 Å². The maximum Gasteiger partial charge on any atom is 0.387 e. The van der Waals surface area contributed by atoms with Gasteiger partial charge in [-0.2, -0.15) is 20.5 Å². The van der Waals surface area contributed by atoms with Crippen LogP contribution in [0.3, 0.4) is 0 Å². The van der Waals surface area contributed by atoms with Gasteiger partial charge < -0.3 is 10.1 Å². The van der Waals surface area contributed by atoms with E-state index in [0.29, 0.717) is 11.4 Å². The molecule has 0 aromatic heterocycles. The third-order valence-corrected chi connectivity index (χ3v) is 5.03. The van der Waals surface area contributed by atoms with Gasteiger partial charge in [-0.05, 0) is 54.8 Å². The molecule has 2 aromatic rings. The van der Waals surface area contributed by atoms with Gasteiger partial charge in [-0.3, -0.25) is 19.3 Å². The number of carbonyl (C=O) groups is 3. The van der Waals surface area contributed by atoms with E-state index >= 15 is 0 Å². The van der Waals surface area contributed by atoms with Crippen molar-refractivity contribution < 1.29 is 27.9 Å². The first-order valence-electron chi connectivity index (χ1n) is 8.74. The fraction of sp³-hybridized carbons (Fsp3) is 0.250. The maximum absolute atomic E-state index is 12.9. The predicted octanol–water partition coefficient (Wildman–Crippen LogP) is 3.64. The molecule has 1 atom stereocenters. The summed E-state index contributed by atoms with van der Waals surface area (Å²) in [5, 5.41) is 2.64. The van der Waals surface area contributed by atoms with Crippen LogP contribution in [-0.4, -0.2) is 47.3 Å². The zero-order chi connectivity index (χ0) is 21.0. The van der Waals surface area contributed by atoms with E-state index in [1.54, 1.807) is 24.3 Å². The summed E-state index contributed by atoms with van der Waals surface area (Å²) in [6, 6.07) is 10.8. The zero-order valence-corrected chi connectivity index (χ0v) is 16.2. The van der Waals surface area contributed by atoms with Crippen LogP contribution in [-0.2, 0) is 4.79 Å². The number of anilines is 1. The lowest BCUT2D eigenvalue weighted by atomic mass is 10.1. The Hall–Kier alpha value is -2.94. The molecule has 3 rings (SSSR count). The first kappa shape index (κ1) is 20.8. The minimum Gasteiger partial charge on any atom is -0.435 e. The molecule has 0 saturated heterocycles. The molecule has 1 unspecified atom stereocenters. The van der Waals surface area contributed by atoms with Crippen LogP contribution in [0.25, 0.3) is 0 Å². The molecule has 3 amide bonds. The Bertz CT molecular complexity index is 886. The van der Waals surface area contributed by atoms with Crippen LogP contribution >= 0.6 is 11.8 Å². The number of carbonyl (C=O) groups excluding carboxylic acids is 3. The van der Waals surface area contributed by atoms with Crippen molar-refractivity contribution in [3.05, 3.63) is 59.7 Å². The minimum absolute atomic E-state index is 0.0442.